The van der Waals surface area contributed by atoms with Crippen molar-refractivity contribution in [2.45, 2.75) is 0 Å². The van der Waals surface area contributed by atoms with E-state index in [0.717, 1.165) is 27.9 Å². The molecule has 0 amide bonds. The van der Waals surface area contributed by atoms with E-state index in [1.54, 1.807) is 0 Å². The predicted molar refractivity (Wildman–Crippen MR) is 84.4 cm³/mol. The molecule has 92 valence electrons. The molecule has 4 rings (SSSR count). The van der Waals surface area contributed by atoms with Crippen LogP contribution < -0.4 is 5.46 Å². The molecule has 3 heteroatoms. The van der Waals surface area contributed by atoms with Crippen molar-refractivity contribution in [2.24, 2.45) is 0 Å². The van der Waals surface area contributed by atoms with E-state index in [2.05, 4.69) is 40.3 Å². The first-order valence-electron chi connectivity index (χ1n) is 6.55. The first-order valence-corrected chi connectivity index (χ1v) is 6.55. The molecule has 0 aliphatic rings. The number of benzene rings is 3. The van der Waals surface area contributed by atoms with Gasteiger partial charge in [0.05, 0.1) is 11.0 Å². The highest BCUT2D eigenvalue weighted by Gasteiger charge is 2.08. The molecular weight excluding hydrogens is 243 g/mol. The largest absolute Gasteiger partial charge is 0.338 e. The van der Waals surface area contributed by atoms with Crippen molar-refractivity contribution < 1.29 is 0 Å². The molecule has 0 saturated heterocycles. The van der Waals surface area contributed by atoms with Gasteiger partial charge in [-0.3, -0.25) is 0 Å². The summed E-state index contributed by atoms with van der Waals surface area (Å²) >= 11 is 0. The fraction of sp³-hybridized carbons (Fsp3) is 0. The highest BCUT2D eigenvalue weighted by molar-refractivity contribution is 6.33. The summed E-state index contributed by atoms with van der Waals surface area (Å²) in [5, 5.41) is 2.41. The zero-order valence-corrected chi connectivity index (χ0v) is 10.8. The van der Waals surface area contributed by atoms with Crippen LogP contribution in [0.1, 0.15) is 0 Å². The smallest absolute Gasteiger partial charge is 0.139 e. The molecule has 0 spiro atoms. The molecule has 1 N–H and O–H groups in total. The molecular formula is C17H11BN2. The number of nitrogens with zero attached hydrogens (tertiary/aromatic N) is 1. The molecule has 3 aromatic carbocycles. The van der Waals surface area contributed by atoms with Gasteiger partial charge in [-0.15, -0.1) is 0 Å². The fourth-order valence-electron chi connectivity index (χ4n) is 2.59. The number of hydrogen-bond donors (Lipinski definition) is 1. The van der Waals surface area contributed by atoms with Crippen LogP contribution in [-0.2, 0) is 0 Å². The molecule has 0 unspecified atom stereocenters. The average Bonchev–Trinajstić information content (AvgIpc) is 2.89. The molecule has 2 nitrogen and oxygen atoms in total. The maximum Gasteiger partial charge on any atom is 0.139 e. The normalized spacial score (nSPS) is 11.2. The summed E-state index contributed by atoms with van der Waals surface area (Å²) < 4.78 is 0. The van der Waals surface area contributed by atoms with Gasteiger partial charge in [-0.1, -0.05) is 54.0 Å². The van der Waals surface area contributed by atoms with Crippen LogP contribution in [0, 0.1) is 0 Å². The van der Waals surface area contributed by atoms with Crippen LogP contribution in [0.3, 0.4) is 0 Å². The lowest BCUT2D eigenvalue weighted by molar-refractivity contribution is 1.35. The molecule has 20 heavy (non-hydrogen) atoms. The molecule has 1 aromatic heterocycles. The number of H-pyrrole nitrogens is 1. The standard InChI is InChI=1S/C17H11BN2/c18-12-8-9-15-16(10-12)20-17(19-15)14-7-3-5-11-4-1-2-6-13(11)14/h1-10H,(H,19,20). The lowest BCUT2D eigenvalue weighted by atomic mass is 9.96. The fourth-order valence-corrected chi connectivity index (χ4v) is 2.59. The summed E-state index contributed by atoms with van der Waals surface area (Å²) in [5.74, 6) is 0.877. The van der Waals surface area contributed by atoms with Gasteiger partial charge in [-0.25, -0.2) is 4.98 Å². The Labute approximate surface area is 117 Å². The number of imidazole rings is 1. The van der Waals surface area contributed by atoms with Gasteiger partial charge >= 0.3 is 0 Å². The maximum atomic E-state index is 5.81. The number of rotatable bonds is 1. The quantitative estimate of drug-likeness (QED) is 0.519. The first-order chi connectivity index (χ1) is 9.81. The van der Waals surface area contributed by atoms with Crippen LogP contribution in [-0.4, -0.2) is 17.8 Å². The Morgan fingerprint density at radius 1 is 0.900 bits per heavy atom. The minimum atomic E-state index is 0.741. The number of nitrogens with one attached hydrogen (secondary N) is 1. The number of aromatic nitrogens is 2. The van der Waals surface area contributed by atoms with E-state index in [4.69, 9.17) is 7.85 Å². The Morgan fingerprint density at radius 3 is 2.70 bits per heavy atom. The van der Waals surface area contributed by atoms with Crippen LogP contribution in [0.25, 0.3) is 33.2 Å². The predicted octanol–water partition coefficient (Wildman–Crippen LogP) is 3.18. The molecule has 0 aliphatic heterocycles. The van der Waals surface area contributed by atoms with Gasteiger partial charge < -0.3 is 4.98 Å². The Kier molecular flexibility index (Phi) is 2.39. The van der Waals surface area contributed by atoms with Crippen molar-refractivity contribution in [3.05, 3.63) is 60.7 Å². The monoisotopic (exact) mass is 254 g/mol. The van der Waals surface area contributed by atoms with Crippen molar-refractivity contribution in [1.29, 1.82) is 0 Å². The van der Waals surface area contributed by atoms with Crippen molar-refractivity contribution in [1.82, 2.24) is 9.97 Å². The molecule has 0 saturated carbocycles. The van der Waals surface area contributed by atoms with Gasteiger partial charge in [0, 0.05) is 5.56 Å². The van der Waals surface area contributed by atoms with Crippen molar-refractivity contribution in [3.8, 4) is 11.4 Å². The van der Waals surface area contributed by atoms with Crippen LogP contribution in [0.15, 0.2) is 60.7 Å². The maximum absolute atomic E-state index is 5.81. The molecule has 0 atom stereocenters. The second kappa shape index (κ2) is 4.24. The highest BCUT2D eigenvalue weighted by Crippen LogP contribution is 2.27. The van der Waals surface area contributed by atoms with E-state index in [1.807, 2.05) is 30.3 Å². The summed E-state index contributed by atoms with van der Waals surface area (Å²) in [6.45, 7) is 0. The third-order valence-corrected chi connectivity index (χ3v) is 3.55. The minimum Gasteiger partial charge on any atom is -0.338 e. The number of aromatic amines is 1. The van der Waals surface area contributed by atoms with Crippen molar-refractivity contribution >= 4 is 35.1 Å². The molecule has 0 bridgehead atoms. The van der Waals surface area contributed by atoms with E-state index in [9.17, 15) is 0 Å². The van der Waals surface area contributed by atoms with Crippen molar-refractivity contribution in [3.63, 3.8) is 0 Å². The molecule has 4 aromatic rings. The Morgan fingerprint density at radius 2 is 1.75 bits per heavy atom. The second-order valence-electron chi connectivity index (χ2n) is 4.89. The van der Waals surface area contributed by atoms with Crippen LogP contribution in [0.4, 0.5) is 0 Å². The van der Waals surface area contributed by atoms with Crippen LogP contribution >= 0.6 is 0 Å². The molecule has 0 aliphatic carbocycles. The van der Waals surface area contributed by atoms with Gasteiger partial charge in [0.1, 0.15) is 13.7 Å². The van der Waals surface area contributed by atoms with Gasteiger partial charge in [-0.2, -0.15) is 0 Å². The SMILES string of the molecule is [B]c1ccc2nc(-c3cccc4ccccc34)[nH]c2c1. The van der Waals surface area contributed by atoms with Crippen LogP contribution in [0.5, 0.6) is 0 Å². The van der Waals surface area contributed by atoms with Gasteiger partial charge in [-0.05, 0) is 22.9 Å². The van der Waals surface area contributed by atoms with E-state index in [-0.39, 0.29) is 0 Å². The summed E-state index contributed by atoms with van der Waals surface area (Å²) in [4.78, 5) is 8.02. The lowest BCUT2D eigenvalue weighted by Crippen LogP contribution is -1.99. The summed E-state index contributed by atoms with van der Waals surface area (Å²) in [7, 11) is 5.81. The summed E-state index contributed by atoms with van der Waals surface area (Å²) in [6.07, 6.45) is 0. The number of hydrogen-bond acceptors (Lipinski definition) is 1. The van der Waals surface area contributed by atoms with E-state index >= 15 is 0 Å². The van der Waals surface area contributed by atoms with Gasteiger partial charge in [0.2, 0.25) is 0 Å². The van der Waals surface area contributed by atoms with E-state index < -0.39 is 0 Å². The third kappa shape index (κ3) is 1.71. The summed E-state index contributed by atoms with van der Waals surface area (Å²) in [5.41, 5.74) is 3.75. The van der Waals surface area contributed by atoms with E-state index in [1.165, 1.54) is 10.8 Å². The van der Waals surface area contributed by atoms with Crippen molar-refractivity contribution in [2.75, 3.05) is 0 Å². The topological polar surface area (TPSA) is 28.7 Å². The van der Waals surface area contributed by atoms with Gasteiger partial charge in [0.15, 0.2) is 0 Å². The van der Waals surface area contributed by atoms with Crippen LogP contribution in [0.2, 0.25) is 0 Å². The Balaban J connectivity index is 2.01. The van der Waals surface area contributed by atoms with E-state index in [0.29, 0.717) is 0 Å². The zero-order valence-electron chi connectivity index (χ0n) is 10.8. The Bertz CT molecular complexity index is 919. The minimum absolute atomic E-state index is 0.741. The highest BCUT2D eigenvalue weighted by atomic mass is 14.9. The summed E-state index contributed by atoms with van der Waals surface area (Å²) in [6, 6.07) is 20.3. The average molecular weight is 254 g/mol. The zero-order chi connectivity index (χ0) is 13.5. The first kappa shape index (κ1) is 11.3. The molecule has 0 fully saturated rings. The molecule has 1 heterocycles. The second-order valence-corrected chi connectivity index (χ2v) is 4.89. The molecule has 2 radical (unpaired) electrons. The number of fused-ring (bicyclic) bond motifs is 2. The van der Waals surface area contributed by atoms with Gasteiger partial charge in [0.25, 0.3) is 0 Å². The third-order valence-electron chi connectivity index (χ3n) is 3.55. The Hall–Kier alpha value is -2.55. The lowest BCUT2D eigenvalue weighted by Gasteiger charge is -2.03.